The van der Waals surface area contributed by atoms with E-state index in [9.17, 15) is 23.1 Å². The van der Waals surface area contributed by atoms with E-state index in [-0.39, 0.29) is 18.2 Å². The van der Waals surface area contributed by atoms with Crippen LogP contribution in [0.3, 0.4) is 0 Å². The first-order chi connectivity index (χ1) is 9.16. The third kappa shape index (κ3) is 3.86. The fraction of sp³-hybridized carbons (Fsp3) is 0.462. The van der Waals surface area contributed by atoms with Crippen LogP contribution in [0.5, 0.6) is 0 Å². The third-order valence-electron chi connectivity index (χ3n) is 2.92. The van der Waals surface area contributed by atoms with E-state index in [0.717, 1.165) is 12.1 Å². The van der Waals surface area contributed by atoms with Gasteiger partial charge in [0.2, 0.25) is 0 Å². The first-order valence-electron chi connectivity index (χ1n) is 5.98. The van der Waals surface area contributed by atoms with Crippen LogP contribution in [0.15, 0.2) is 18.2 Å². The summed E-state index contributed by atoms with van der Waals surface area (Å²) >= 11 is 0. The van der Waals surface area contributed by atoms with E-state index in [0.29, 0.717) is 6.07 Å². The molecule has 0 heterocycles. The molecule has 0 radical (unpaired) electrons. The minimum atomic E-state index is -4.60. The van der Waals surface area contributed by atoms with E-state index in [4.69, 9.17) is 5.11 Å². The van der Waals surface area contributed by atoms with Crippen molar-refractivity contribution in [3.8, 4) is 0 Å². The Bertz CT molecular complexity index is 486. The summed E-state index contributed by atoms with van der Waals surface area (Å²) < 4.78 is 37.7. The van der Waals surface area contributed by atoms with Crippen LogP contribution in [-0.4, -0.2) is 28.8 Å². The molecule has 0 fully saturated rings. The van der Waals surface area contributed by atoms with Gasteiger partial charge in [0.25, 0.3) is 0 Å². The zero-order chi connectivity index (χ0) is 15.5. The molecular formula is C13H16F3NO3. The van der Waals surface area contributed by atoms with Crippen LogP contribution in [0.2, 0.25) is 0 Å². The van der Waals surface area contributed by atoms with Crippen molar-refractivity contribution in [3.63, 3.8) is 0 Å². The summed E-state index contributed by atoms with van der Waals surface area (Å²) in [5.74, 6) is -1.47. The van der Waals surface area contributed by atoms with E-state index < -0.39 is 29.3 Å². The zero-order valence-corrected chi connectivity index (χ0v) is 11.0. The van der Waals surface area contributed by atoms with Crippen molar-refractivity contribution in [2.24, 2.45) is 5.92 Å². The molecule has 112 valence electrons. The van der Waals surface area contributed by atoms with E-state index in [1.54, 1.807) is 13.8 Å². The van der Waals surface area contributed by atoms with Gasteiger partial charge in [-0.2, -0.15) is 13.2 Å². The Labute approximate surface area is 114 Å². The quantitative estimate of drug-likeness (QED) is 0.780. The van der Waals surface area contributed by atoms with E-state index >= 15 is 0 Å². The molecule has 1 aromatic carbocycles. The molecule has 0 saturated carbocycles. The van der Waals surface area contributed by atoms with Gasteiger partial charge in [-0.05, 0) is 24.1 Å². The SMILES string of the molecule is CC(C)[C@@H](CO)Nc1ccc(C(F)(F)F)cc1C(=O)O. The number of aromatic carboxylic acids is 1. The standard InChI is InChI=1S/C13H16F3NO3/c1-7(2)11(6-18)17-10-4-3-8(13(14,15)16)5-9(10)12(19)20/h3-5,7,11,17-18H,6H2,1-2H3,(H,19,20)/t11-/m1/s1. The second-order valence-electron chi connectivity index (χ2n) is 4.74. The highest BCUT2D eigenvalue weighted by atomic mass is 19.4. The van der Waals surface area contributed by atoms with Crippen LogP contribution < -0.4 is 5.32 Å². The highest BCUT2D eigenvalue weighted by molar-refractivity contribution is 5.94. The molecule has 20 heavy (non-hydrogen) atoms. The number of carboxylic acid groups (broad SMARTS) is 1. The molecule has 4 nitrogen and oxygen atoms in total. The fourth-order valence-corrected chi connectivity index (χ4v) is 1.65. The first kappa shape index (κ1) is 16.3. The van der Waals surface area contributed by atoms with E-state index in [2.05, 4.69) is 5.32 Å². The molecule has 0 saturated heterocycles. The van der Waals surface area contributed by atoms with Crippen LogP contribution >= 0.6 is 0 Å². The molecule has 0 amide bonds. The molecule has 0 aromatic heterocycles. The maximum absolute atomic E-state index is 12.6. The average Bonchev–Trinajstić information content (AvgIpc) is 2.34. The molecule has 0 bridgehead atoms. The Morgan fingerprint density at radius 1 is 1.35 bits per heavy atom. The van der Waals surface area contributed by atoms with Gasteiger partial charge in [0.05, 0.1) is 23.8 Å². The van der Waals surface area contributed by atoms with Crippen molar-refractivity contribution in [1.82, 2.24) is 0 Å². The lowest BCUT2D eigenvalue weighted by molar-refractivity contribution is -0.137. The molecule has 1 atom stereocenters. The number of rotatable bonds is 5. The maximum Gasteiger partial charge on any atom is 0.416 e. The molecule has 0 spiro atoms. The van der Waals surface area contributed by atoms with Crippen LogP contribution in [0.25, 0.3) is 0 Å². The molecule has 7 heteroatoms. The van der Waals surface area contributed by atoms with Crippen LogP contribution in [0.1, 0.15) is 29.8 Å². The maximum atomic E-state index is 12.6. The number of nitrogens with one attached hydrogen (secondary N) is 1. The Balaban J connectivity index is 3.17. The lowest BCUT2D eigenvalue weighted by Gasteiger charge is -2.22. The Morgan fingerprint density at radius 3 is 2.35 bits per heavy atom. The normalized spacial score (nSPS) is 13.3. The summed E-state index contributed by atoms with van der Waals surface area (Å²) in [6, 6.07) is 2.02. The van der Waals surface area contributed by atoms with Gasteiger partial charge in [0, 0.05) is 5.69 Å². The number of benzene rings is 1. The van der Waals surface area contributed by atoms with Crippen molar-refractivity contribution in [1.29, 1.82) is 0 Å². The number of halogens is 3. The van der Waals surface area contributed by atoms with E-state index in [1.807, 2.05) is 0 Å². The Kier molecular flexibility index (Phi) is 4.99. The van der Waals surface area contributed by atoms with E-state index in [1.165, 1.54) is 0 Å². The highest BCUT2D eigenvalue weighted by Crippen LogP contribution is 2.32. The summed E-state index contributed by atoms with van der Waals surface area (Å²) in [4.78, 5) is 11.1. The number of alkyl halides is 3. The minimum Gasteiger partial charge on any atom is -0.478 e. The van der Waals surface area contributed by atoms with Crippen molar-refractivity contribution in [3.05, 3.63) is 29.3 Å². The average molecular weight is 291 g/mol. The minimum absolute atomic E-state index is 0.0102. The predicted octanol–water partition coefficient (Wildman–Crippen LogP) is 2.83. The van der Waals surface area contributed by atoms with Crippen LogP contribution in [-0.2, 0) is 6.18 Å². The van der Waals surface area contributed by atoms with Gasteiger partial charge >= 0.3 is 12.1 Å². The number of carboxylic acids is 1. The van der Waals surface area contributed by atoms with Gasteiger partial charge < -0.3 is 15.5 Å². The van der Waals surface area contributed by atoms with Crippen molar-refractivity contribution in [2.75, 3.05) is 11.9 Å². The summed E-state index contributed by atoms with van der Waals surface area (Å²) in [5, 5.41) is 20.9. The van der Waals surface area contributed by atoms with Crippen molar-refractivity contribution < 1.29 is 28.2 Å². The molecule has 1 aromatic rings. The number of aliphatic hydroxyl groups is 1. The molecule has 1 rings (SSSR count). The number of aliphatic hydroxyl groups excluding tert-OH is 1. The summed E-state index contributed by atoms with van der Waals surface area (Å²) in [5.41, 5.74) is -1.44. The van der Waals surface area contributed by atoms with Gasteiger partial charge in [-0.15, -0.1) is 0 Å². The van der Waals surface area contributed by atoms with Gasteiger partial charge in [-0.1, -0.05) is 13.8 Å². The highest BCUT2D eigenvalue weighted by Gasteiger charge is 2.32. The smallest absolute Gasteiger partial charge is 0.416 e. The molecule has 0 aliphatic heterocycles. The monoisotopic (exact) mass is 291 g/mol. The second-order valence-corrected chi connectivity index (χ2v) is 4.74. The summed E-state index contributed by atoms with van der Waals surface area (Å²) in [6.07, 6.45) is -4.60. The van der Waals surface area contributed by atoms with Gasteiger partial charge in [-0.25, -0.2) is 4.79 Å². The fourth-order valence-electron chi connectivity index (χ4n) is 1.65. The second kappa shape index (κ2) is 6.13. The molecule has 0 aliphatic rings. The number of anilines is 1. The first-order valence-corrected chi connectivity index (χ1v) is 5.98. The predicted molar refractivity (Wildman–Crippen MR) is 67.7 cm³/mol. The van der Waals surface area contributed by atoms with Crippen LogP contribution in [0, 0.1) is 5.92 Å². The van der Waals surface area contributed by atoms with Crippen molar-refractivity contribution in [2.45, 2.75) is 26.1 Å². The lowest BCUT2D eigenvalue weighted by atomic mass is 10.0. The number of carbonyl (C=O) groups is 1. The topological polar surface area (TPSA) is 69.6 Å². The van der Waals surface area contributed by atoms with Crippen LogP contribution in [0.4, 0.5) is 18.9 Å². The summed E-state index contributed by atoms with van der Waals surface area (Å²) in [6.45, 7) is 3.36. The lowest BCUT2D eigenvalue weighted by Crippen LogP contribution is -2.30. The zero-order valence-electron chi connectivity index (χ0n) is 11.0. The molecule has 0 aliphatic carbocycles. The van der Waals surface area contributed by atoms with Gasteiger partial charge in [0.15, 0.2) is 0 Å². The van der Waals surface area contributed by atoms with Gasteiger partial charge in [-0.3, -0.25) is 0 Å². The largest absolute Gasteiger partial charge is 0.478 e. The third-order valence-corrected chi connectivity index (χ3v) is 2.92. The Morgan fingerprint density at radius 2 is 1.95 bits per heavy atom. The summed E-state index contributed by atoms with van der Waals surface area (Å²) in [7, 11) is 0. The molecular weight excluding hydrogens is 275 g/mol. The van der Waals surface area contributed by atoms with Crippen molar-refractivity contribution >= 4 is 11.7 Å². The Hall–Kier alpha value is -1.76. The number of hydrogen-bond donors (Lipinski definition) is 3. The number of hydrogen-bond acceptors (Lipinski definition) is 3. The molecule has 0 unspecified atom stereocenters. The molecule has 3 N–H and O–H groups in total. The van der Waals surface area contributed by atoms with Gasteiger partial charge in [0.1, 0.15) is 0 Å².